The van der Waals surface area contributed by atoms with Gasteiger partial charge in [0.15, 0.2) is 0 Å². The third-order valence-corrected chi connectivity index (χ3v) is 4.14. The first kappa shape index (κ1) is 15.0. The standard InChI is InChI=1S/C15H31NO/c1-5-7-8-9-11-17-14-12-13(15(14,3)4)16-10-6-2/h13-14,16H,5-12H2,1-4H3. The predicted octanol–water partition coefficient (Wildman–Crippen LogP) is 3.75. The van der Waals surface area contributed by atoms with Gasteiger partial charge in [0, 0.05) is 18.1 Å². The molecule has 1 saturated carbocycles. The summed E-state index contributed by atoms with van der Waals surface area (Å²) >= 11 is 0. The first-order valence-corrected chi connectivity index (χ1v) is 7.47. The zero-order chi connectivity index (χ0) is 12.7. The molecule has 2 unspecified atom stereocenters. The van der Waals surface area contributed by atoms with E-state index in [-0.39, 0.29) is 0 Å². The van der Waals surface area contributed by atoms with E-state index in [0.29, 0.717) is 17.6 Å². The maximum absolute atomic E-state index is 6.01. The summed E-state index contributed by atoms with van der Waals surface area (Å²) in [5.74, 6) is 0. The minimum absolute atomic E-state index is 0.319. The fraction of sp³-hybridized carbons (Fsp3) is 1.00. The molecule has 0 spiro atoms. The molecule has 0 aromatic heterocycles. The number of ether oxygens (including phenoxy) is 1. The fourth-order valence-electron chi connectivity index (χ4n) is 2.59. The second-order valence-electron chi connectivity index (χ2n) is 5.98. The summed E-state index contributed by atoms with van der Waals surface area (Å²) in [5, 5.41) is 3.62. The van der Waals surface area contributed by atoms with Crippen LogP contribution in [-0.2, 0) is 4.74 Å². The second kappa shape index (κ2) is 7.38. The van der Waals surface area contributed by atoms with Gasteiger partial charge in [-0.25, -0.2) is 0 Å². The van der Waals surface area contributed by atoms with Gasteiger partial charge in [0.1, 0.15) is 0 Å². The molecule has 2 heteroatoms. The van der Waals surface area contributed by atoms with Gasteiger partial charge in [-0.1, -0.05) is 47.0 Å². The van der Waals surface area contributed by atoms with E-state index < -0.39 is 0 Å². The lowest BCUT2D eigenvalue weighted by molar-refractivity contribution is -0.118. The molecule has 1 aliphatic rings. The summed E-state index contributed by atoms with van der Waals surface area (Å²) in [4.78, 5) is 0. The van der Waals surface area contributed by atoms with Crippen LogP contribution in [0.2, 0.25) is 0 Å². The minimum atomic E-state index is 0.319. The predicted molar refractivity (Wildman–Crippen MR) is 74.4 cm³/mol. The Morgan fingerprint density at radius 2 is 1.88 bits per heavy atom. The highest BCUT2D eigenvalue weighted by atomic mass is 16.5. The van der Waals surface area contributed by atoms with Crippen LogP contribution in [-0.4, -0.2) is 25.3 Å². The Bertz CT molecular complexity index is 203. The van der Waals surface area contributed by atoms with Gasteiger partial charge in [-0.2, -0.15) is 0 Å². The van der Waals surface area contributed by atoms with Crippen molar-refractivity contribution in [3.05, 3.63) is 0 Å². The van der Waals surface area contributed by atoms with Crippen LogP contribution in [0.1, 0.15) is 66.2 Å². The van der Waals surface area contributed by atoms with Crippen molar-refractivity contribution in [3.63, 3.8) is 0 Å². The zero-order valence-electron chi connectivity index (χ0n) is 12.2. The van der Waals surface area contributed by atoms with Crippen molar-refractivity contribution in [2.45, 2.75) is 78.4 Å². The van der Waals surface area contributed by atoms with E-state index in [9.17, 15) is 0 Å². The molecule has 1 rings (SSSR count). The van der Waals surface area contributed by atoms with E-state index in [2.05, 4.69) is 33.0 Å². The largest absolute Gasteiger partial charge is 0.378 e. The minimum Gasteiger partial charge on any atom is -0.378 e. The SMILES string of the molecule is CCCCCCOC1CC(NCCC)C1(C)C. The van der Waals surface area contributed by atoms with Gasteiger partial charge < -0.3 is 10.1 Å². The highest BCUT2D eigenvalue weighted by Crippen LogP contribution is 2.42. The molecule has 0 amide bonds. The molecular weight excluding hydrogens is 210 g/mol. The van der Waals surface area contributed by atoms with Gasteiger partial charge in [0.2, 0.25) is 0 Å². The van der Waals surface area contributed by atoms with Crippen molar-refractivity contribution in [3.8, 4) is 0 Å². The van der Waals surface area contributed by atoms with Crippen LogP contribution in [0.15, 0.2) is 0 Å². The van der Waals surface area contributed by atoms with Gasteiger partial charge >= 0.3 is 0 Å². The normalized spacial score (nSPS) is 26.8. The number of hydrogen-bond donors (Lipinski definition) is 1. The quantitative estimate of drug-likeness (QED) is 0.621. The molecule has 0 radical (unpaired) electrons. The summed E-state index contributed by atoms with van der Waals surface area (Å²) in [7, 11) is 0. The molecular formula is C15H31NO. The van der Waals surface area contributed by atoms with E-state index in [1.807, 2.05) is 0 Å². The van der Waals surface area contributed by atoms with Crippen LogP contribution < -0.4 is 5.32 Å². The summed E-state index contributed by atoms with van der Waals surface area (Å²) in [6, 6.07) is 0.656. The Morgan fingerprint density at radius 3 is 2.47 bits per heavy atom. The number of rotatable bonds is 9. The Labute approximate surface area is 108 Å². The van der Waals surface area contributed by atoms with Gasteiger partial charge in [-0.05, 0) is 25.8 Å². The first-order valence-electron chi connectivity index (χ1n) is 7.47. The lowest BCUT2D eigenvalue weighted by atomic mass is 9.64. The van der Waals surface area contributed by atoms with Crippen LogP contribution in [0.3, 0.4) is 0 Å². The molecule has 1 N–H and O–H groups in total. The van der Waals surface area contributed by atoms with Crippen molar-refractivity contribution in [2.24, 2.45) is 5.41 Å². The Kier molecular flexibility index (Phi) is 6.50. The summed E-state index contributed by atoms with van der Waals surface area (Å²) < 4.78 is 6.01. The average molecular weight is 241 g/mol. The molecule has 2 nitrogen and oxygen atoms in total. The highest BCUT2D eigenvalue weighted by Gasteiger charge is 2.48. The molecule has 102 valence electrons. The van der Waals surface area contributed by atoms with Crippen LogP contribution >= 0.6 is 0 Å². The van der Waals surface area contributed by atoms with Crippen molar-refractivity contribution < 1.29 is 4.74 Å². The molecule has 1 aliphatic carbocycles. The second-order valence-corrected chi connectivity index (χ2v) is 5.98. The lowest BCUT2D eigenvalue weighted by Gasteiger charge is -2.52. The fourth-order valence-corrected chi connectivity index (χ4v) is 2.59. The summed E-state index contributed by atoms with van der Waals surface area (Å²) in [5.41, 5.74) is 0.319. The molecule has 0 heterocycles. The molecule has 0 saturated heterocycles. The number of nitrogens with one attached hydrogen (secondary N) is 1. The van der Waals surface area contributed by atoms with Crippen LogP contribution in [0, 0.1) is 5.41 Å². The van der Waals surface area contributed by atoms with Crippen molar-refractivity contribution in [1.82, 2.24) is 5.32 Å². The number of unbranched alkanes of at least 4 members (excludes halogenated alkanes) is 3. The van der Waals surface area contributed by atoms with Crippen LogP contribution in [0.25, 0.3) is 0 Å². The maximum Gasteiger partial charge on any atom is 0.0655 e. The van der Waals surface area contributed by atoms with E-state index in [4.69, 9.17) is 4.74 Å². The third kappa shape index (κ3) is 4.26. The van der Waals surface area contributed by atoms with Gasteiger partial charge in [0.05, 0.1) is 6.10 Å². The van der Waals surface area contributed by atoms with Crippen LogP contribution in [0.5, 0.6) is 0 Å². The van der Waals surface area contributed by atoms with Crippen molar-refractivity contribution >= 4 is 0 Å². The van der Waals surface area contributed by atoms with E-state index in [0.717, 1.165) is 13.2 Å². The molecule has 1 fully saturated rings. The Hall–Kier alpha value is -0.0800. The smallest absolute Gasteiger partial charge is 0.0655 e. The molecule has 0 aliphatic heterocycles. The molecule has 2 atom stereocenters. The van der Waals surface area contributed by atoms with E-state index in [1.165, 1.54) is 38.5 Å². The van der Waals surface area contributed by atoms with E-state index in [1.54, 1.807) is 0 Å². The monoisotopic (exact) mass is 241 g/mol. The Morgan fingerprint density at radius 1 is 1.12 bits per heavy atom. The maximum atomic E-state index is 6.01. The van der Waals surface area contributed by atoms with Crippen molar-refractivity contribution in [1.29, 1.82) is 0 Å². The molecule has 0 bridgehead atoms. The molecule has 17 heavy (non-hydrogen) atoms. The Balaban J connectivity index is 2.11. The van der Waals surface area contributed by atoms with Gasteiger partial charge in [-0.3, -0.25) is 0 Å². The molecule has 0 aromatic carbocycles. The topological polar surface area (TPSA) is 21.3 Å². The summed E-state index contributed by atoms with van der Waals surface area (Å²) in [6.45, 7) is 11.2. The molecule has 0 aromatic rings. The zero-order valence-corrected chi connectivity index (χ0v) is 12.2. The van der Waals surface area contributed by atoms with Crippen molar-refractivity contribution in [2.75, 3.05) is 13.2 Å². The van der Waals surface area contributed by atoms with Gasteiger partial charge in [0.25, 0.3) is 0 Å². The highest BCUT2D eigenvalue weighted by molar-refractivity contribution is 5.02. The van der Waals surface area contributed by atoms with Gasteiger partial charge in [-0.15, -0.1) is 0 Å². The summed E-state index contributed by atoms with van der Waals surface area (Å²) in [6.07, 6.45) is 8.08. The van der Waals surface area contributed by atoms with E-state index >= 15 is 0 Å². The first-order chi connectivity index (χ1) is 8.12. The van der Waals surface area contributed by atoms with Crippen LogP contribution in [0.4, 0.5) is 0 Å². The number of hydrogen-bond acceptors (Lipinski definition) is 2. The average Bonchev–Trinajstić information content (AvgIpc) is 2.31. The lowest BCUT2D eigenvalue weighted by Crippen LogP contribution is -2.61. The third-order valence-electron chi connectivity index (χ3n) is 4.14.